The van der Waals surface area contributed by atoms with E-state index in [4.69, 9.17) is 0 Å². The number of fused-ring (bicyclic) bond motifs is 2. The minimum Gasteiger partial charge on any atom is -0.366 e. The van der Waals surface area contributed by atoms with Crippen molar-refractivity contribution < 1.29 is 14.0 Å². The Kier molecular flexibility index (Phi) is 5.54. The molecule has 0 aromatic carbocycles. The summed E-state index contributed by atoms with van der Waals surface area (Å²) in [6.45, 7) is 3.69. The van der Waals surface area contributed by atoms with Gasteiger partial charge in [-0.25, -0.2) is 9.37 Å². The van der Waals surface area contributed by atoms with Crippen molar-refractivity contribution in [3.8, 4) is 0 Å². The average molecular weight is 508 g/mol. The van der Waals surface area contributed by atoms with Gasteiger partial charge in [-0.05, 0) is 57.1 Å². The van der Waals surface area contributed by atoms with Crippen molar-refractivity contribution in [2.24, 2.45) is 5.41 Å². The van der Waals surface area contributed by atoms with Gasteiger partial charge in [0.1, 0.15) is 29.5 Å². The van der Waals surface area contributed by atoms with Crippen molar-refractivity contribution in [3.63, 3.8) is 0 Å². The van der Waals surface area contributed by atoms with Gasteiger partial charge in [0.05, 0.1) is 18.3 Å². The molecule has 4 heterocycles. The number of carbonyl (C=O) groups excluding carboxylic acids is 2. The largest absolute Gasteiger partial charge is 0.366 e. The third-order valence-electron chi connectivity index (χ3n) is 8.06. The molecule has 37 heavy (non-hydrogen) atoms. The van der Waals surface area contributed by atoms with E-state index in [2.05, 4.69) is 20.7 Å². The Morgan fingerprint density at radius 2 is 1.95 bits per heavy atom. The van der Waals surface area contributed by atoms with E-state index in [1.165, 1.54) is 42.3 Å². The molecule has 0 bridgehead atoms. The van der Waals surface area contributed by atoms with Gasteiger partial charge in [-0.2, -0.15) is 4.52 Å². The number of aromatic nitrogens is 4. The lowest BCUT2D eigenvalue weighted by Crippen LogP contribution is -2.43. The number of amides is 2. The molecule has 1 aliphatic heterocycles. The standard InChI is InChI=1S/C26H30FN7O3/c1-15(2)32-13-18-23(25(32)37)33(14-21(35)30-19-6-5-16(27)12-28-19)22-9-20(31-34(22)24(18)36)29-17-10-26(11-17)7-3-4-8-26/h5-6,9,12,15,17H,3-4,7-8,10-11,13-14H2,1-2H3,(H,29,31)(H,28,30,35). The van der Waals surface area contributed by atoms with Crippen molar-refractivity contribution in [1.82, 2.24) is 24.1 Å². The molecule has 0 saturated heterocycles. The van der Waals surface area contributed by atoms with Gasteiger partial charge < -0.3 is 20.1 Å². The van der Waals surface area contributed by atoms with Crippen LogP contribution in [0.4, 0.5) is 16.0 Å². The maximum Gasteiger partial charge on any atom is 0.280 e. The third kappa shape index (κ3) is 4.06. The highest BCUT2D eigenvalue weighted by Gasteiger charge is 2.46. The molecule has 3 aromatic rings. The van der Waals surface area contributed by atoms with Crippen molar-refractivity contribution in [2.45, 2.75) is 77.5 Å². The zero-order valence-corrected chi connectivity index (χ0v) is 21.0. The van der Waals surface area contributed by atoms with Crippen LogP contribution in [0.3, 0.4) is 0 Å². The number of nitrogens with one attached hydrogen (secondary N) is 2. The van der Waals surface area contributed by atoms with E-state index in [1.807, 2.05) is 13.8 Å². The summed E-state index contributed by atoms with van der Waals surface area (Å²) in [6, 6.07) is 4.48. The predicted octanol–water partition coefficient (Wildman–Crippen LogP) is 3.17. The number of carbonyl (C=O) groups is 2. The molecule has 2 N–H and O–H groups in total. The third-order valence-corrected chi connectivity index (χ3v) is 8.06. The molecule has 10 nitrogen and oxygen atoms in total. The van der Waals surface area contributed by atoms with Gasteiger partial charge >= 0.3 is 0 Å². The van der Waals surface area contributed by atoms with Crippen LogP contribution < -0.4 is 16.2 Å². The fraction of sp³-hybridized carbons (Fsp3) is 0.500. The van der Waals surface area contributed by atoms with E-state index in [1.54, 1.807) is 15.5 Å². The summed E-state index contributed by atoms with van der Waals surface area (Å²) >= 11 is 0. The number of hydrogen-bond acceptors (Lipinski definition) is 6. The number of nitrogens with zero attached hydrogens (tertiary/aromatic N) is 5. The smallest absolute Gasteiger partial charge is 0.280 e. The molecule has 194 valence electrons. The van der Waals surface area contributed by atoms with Crippen LogP contribution in [-0.4, -0.2) is 48.0 Å². The first kappa shape index (κ1) is 23.6. The molecule has 3 aliphatic rings. The molecule has 6 rings (SSSR count). The van der Waals surface area contributed by atoms with E-state index in [0.717, 1.165) is 19.0 Å². The van der Waals surface area contributed by atoms with Crippen LogP contribution in [0.5, 0.6) is 0 Å². The molecular weight excluding hydrogens is 477 g/mol. The van der Waals surface area contributed by atoms with Crippen LogP contribution in [-0.2, 0) is 17.9 Å². The molecule has 11 heteroatoms. The minimum absolute atomic E-state index is 0.115. The molecule has 2 fully saturated rings. The highest BCUT2D eigenvalue weighted by Crippen LogP contribution is 2.53. The Morgan fingerprint density at radius 3 is 2.62 bits per heavy atom. The SMILES string of the molecule is CC(C)N1Cc2c(n(CC(=O)Nc3ccc(F)cn3)c3cc(NC4CC5(CCCC5)C4)nn3c2=O)C1=O. The summed E-state index contributed by atoms with van der Waals surface area (Å²) in [6.07, 6.45) is 8.35. The number of anilines is 2. The van der Waals surface area contributed by atoms with E-state index >= 15 is 0 Å². The van der Waals surface area contributed by atoms with Crippen LogP contribution >= 0.6 is 0 Å². The van der Waals surface area contributed by atoms with Gasteiger partial charge in [-0.15, -0.1) is 5.10 Å². The van der Waals surface area contributed by atoms with Crippen molar-refractivity contribution in [3.05, 3.63) is 51.8 Å². The second kappa shape index (κ2) is 8.67. The Hall–Kier alpha value is -3.76. The summed E-state index contributed by atoms with van der Waals surface area (Å²) < 4.78 is 16.1. The van der Waals surface area contributed by atoms with Gasteiger partial charge in [0.25, 0.3) is 11.5 Å². The van der Waals surface area contributed by atoms with Gasteiger partial charge in [0, 0.05) is 18.2 Å². The molecule has 1 spiro atoms. The van der Waals surface area contributed by atoms with Gasteiger partial charge in [-0.3, -0.25) is 14.4 Å². The Labute approximate surface area is 212 Å². The highest BCUT2D eigenvalue weighted by molar-refractivity contribution is 5.98. The lowest BCUT2D eigenvalue weighted by Gasteiger charge is -2.45. The lowest BCUT2D eigenvalue weighted by molar-refractivity contribution is -0.116. The van der Waals surface area contributed by atoms with Gasteiger partial charge in [-0.1, -0.05) is 12.8 Å². The van der Waals surface area contributed by atoms with E-state index in [9.17, 15) is 18.8 Å². The van der Waals surface area contributed by atoms with Crippen LogP contribution in [0, 0.1) is 11.2 Å². The normalized spacial score (nSPS) is 18.6. The van der Waals surface area contributed by atoms with Crippen LogP contribution in [0.15, 0.2) is 29.2 Å². The quantitative estimate of drug-likeness (QED) is 0.530. The molecule has 0 atom stereocenters. The summed E-state index contributed by atoms with van der Waals surface area (Å²) in [5, 5.41) is 10.6. The lowest BCUT2D eigenvalue weighted by atomic mass is 9.64. The topological polar surface area (TPSA) is 114 Å². The van der Waals surface area contributed by atoms with E-state index in [-0.39, 0.29) is 42.1 Å². The second-order valence-electron chi connectivity index (χ2n) is 10.9. The molecular formula is C26H30FN7O3. The fourth-order valence-electron chi connectivity index (χ4n) is 6.24. The summed E-state index contributed by atoms with van der Waals surface area (Å²) in [5.74, 6) is -0.518. The van der Waals surface area contributed by atoms with E-state index < -0.39 is 11.7 Å². The van der Waals surface area contributed by atoms with Gasteiger partial charge in [0.15, 0.2) is 5.82 Å². The molecule has 0 radical (unpaired) electrons. The average Bonchev–Trinajstić information content (AvgIpc) is 3.56. The monoisotopic (exact) mass is 507 g/mol. The number of rotatable bonds is 6. The second-order valence-corrected chi connectivity index (χ2v) is 10.9. The predicted molar refractivity (Wildman–Crippen MR) is 135 cm³/mol. The number of hydrogen-bond donors (Lipinski definition) is 2. The van der Waals surface area contributed by atoms with Crippen LogP contribution in [0.1, 0.15) is 68.4 Å². The molecule has 3 aromatic heterocycles. The Bertz CT molecular complexity index is 1450. The first-order valence-electron chi connectivity index (χ1n) is 12.9. The molecule has 2 saturated carbocycles. The van der Waals surface area contributed by atoms with Gasteiger partial charge in [0.2, 0.25) is 5.91 Å². The number of pyridine rings is 1. The van der Waals surface area contributed by atoms with E-state index in [0.29, 0.717) is 28.5 Å². The number of halogens is 1. The van der Waals surface area contributed by atoms with Crippen LogP contribution in [0.25, 0.3) is 5.65 Å². The van der Waals surface area contributed by atoms with Crippen molar-refractivity contribution >= 4 is 29.1 Å². The highest BCUT2D eigenvalue weighted by atomic mass is 19.1. The first-order valence-corrected chi connectivity index (χ1v) is 12.9. The minimum atomic E-state index is -0.512. The Balaban J connectivity index is 1.34. The zero-order chi connectivity index (χ0) is 25.9. The maximum absolute atomic E-state index is 13.4. The first-order chi connectivity index (χ1) is 17.7. The maximum atomic E-state index is 13.4. The summed E-state index contributed by atoms with van der Waals surface area (Å²) in [7, 11) is 0. The zero-order valence-electron chi connectivity index (χ0n) is 21.0. The fourth-order valence-corrected chi connectivity index (χ4v) is 6.24. The molecule has 2 amide bonds. The summed E-state index contributed by atoms with van der Waals surface area (Å²) in [4.78, 5) is 45.2. The molecule has 0 unspecified atom stereocenters. The Morgan fingerprint density at radius 1 is 1.19 bits per heavy atom. The van der Waals surface area contributed by atoms with Crippen molar-refractivity contribution in [2.75, 3.05) is 10.6 Å². The molecule has 2 aliphatic carbocycles. The van der Waals surface area contributed by atoms with Crippen LogP contribution in [0.2, 0.25) is 0 Å². The van der Waals surface area contributed by atoms with Crippen molar-refractivity contribution in [1.29, 1.82) is 0 Å². The summed E-state index contributed by atoms with van der Waals surface area (Å²) in [5.41, 5.74) is 0.992.